The first kappa shape index (κ1) is 12.5. The summed E-state index contributed by atoms with van der Waals surface area (Å²) in [5.74, 6) is 0.674. The SMILES string of the molecule is Fc1ccc(C2CCNc3cc(-c4cccs4)nn32)nc1. The van der Waals surface area contributed by atoms with Gasteiger partial charge in [0.15, 0.2) is 0 Å². The minimum Gasteiger partial charge on any atom is -0.370 e. The zero-order valence-electron chi connectivity index (χ0n) is 11.2. The molecule has 21 heavy (non-hydrogen) atoms. The van der Waals surface area contributed by atoms with E-state index in [0.717, 1.165) is 35.0 Å². The summed E-state index contributed by atoms with van der Waals surface area (Å²) >= 11 is 1.67. The Morgan fingerprint density at radius 2 is 2.29 bits per heavy atom. The van der Waals surface area contributed by atoms with Crippen molar-refractivity contribution in [2.75, 3.05) is 11.9 Å². The lowest BCUT2D eigenvalue weighted by Crippen LogP contribution is -2.24. The van der Waals surface area contributed by atoms with Crippen molar-refractivity contribution in [2.45, 2.75) is 12.5 Å². The van der Waals surface area contributed by atoms with Gasteiger partial charge in [-0.15, -0.1) is 11.3 Å². The first-order valence-electron chi connectivity index (χ1n) is 6.80. The Morgan fingerprint density at radius 1 is 1.33 bits per heavy atom. The van der Waals surface area contributed by atoms with Crippen LogP contribution in [-0.2, 0) is 0 Å². The number of anilines is 1. The van der Waals surface area contributed by atoms with Gasteiger partial charge in [-0.25, -0.2) is 9.07 Å². The Labute approximate surface area is 125 Å². The summed E-state index contributed by atoms with van der Waals surface area (Å²) in [6, 6.07) is 9.38. The molecule has 4 heterocycles. The van der Waals surface area contributed by atoms with Gasteiger partial charge in [-0.1, -0.05) is 6.07 Å². The summed E-state index contributed by atoms with van der Waals surface area (Å²) in [5, 5.41) is 10.1. The second kappa shape index (κ2) is 4.96. The number of pyridine rings is 1. The minimum absolute atomic E-state index is 0.0514. The molecule has 0 aliphatic carbocycles. The van der Waals surface area contributed by atoms with Crippen LogP contribution in [0.1, 0.15) is 18.2 Å². The quantitative estimate of drug-likeness (QED) is 0.787. The van der Waals surface area contributed by atoms with Crippen LogP contribution in [0.4, 0.5) is 10.2 Å². The van der Waals surface area contributed by atoms with E-state index < -0.39 is 0 Å². The highest BCUT2D eigenvalue weighted by molar-refractivity contribution is 7.13. The topological polar surface area (TPSA) is 42.7 Å². The molecule has 1 N–H and O–H groups in total. The number of hydrogen-bond acceptors (Lipinski definition) is 4. The van der Waals surface area contributed by atoms with Gasteiger partial charge in [0.05, 0.1) is 22.8 Å². The largest absolute Gasteiger partial charge is 0.370 e. The molecule has 6 heteroatoms. The van der Waals surface area contributed by atoms with Gasteiger partial charge in [-0.2, -0.15) is 5.10 Å². The summed E-state index contributed by atoms with van der Waals surface area (Å²) in [5.41, 5.74) is 1.81. The van der Waals surface area contributed by atoms with Crippen LogP contribution in [0.3, 0.4) is 0 Å². The summed E-state index contributed by atoms with van der Waals surface area (Å²) in [4.78, 5) is 5.35. The van der Waals surface area contributed by atoms with E-state index in [1.165, 1.54) is 12.3 Å². The molecular weight excluding hydrogens is 287 g/mol. The molecule has 0 fully saturated rings. The number of nitrogens with zero attached hydrogens (tertiary/aromatic N) is 3. The fourth-order valence-electron chi connectivity index (χ4n) is 2.63. The van der Waals surface area contributed by atoms with Gasteiger partial charge in [0.1, 0.15) is 17.3 Å². The number of hydrogen-bond donors (Lipinski definition) is 1. The summed E-state index contributed by atoms with van der Waals surface area (Å²) in [6.07, 6.45) is 2.15. The molecule has 1 unspecified atom stereocenters. The van der Waals surface area contributed by atoms with Gasteiger partial charge in [-0.05, 0) is 30.0 Å². The smallest absolute Gasteiger partial charge is 0.141 e. The van der Waals surface area contributed by atoms with Crippen LogP contribution in [0.2, 0.25) is 0 Å². The molecule has 0 spiro atoms. The Kier molecular flexibility index (Phi) is 2.96. The van der Waals surface area contributed by atoms with Gasteiger partial charge in [-0.3, -0.25) is 4.98 Å². The average Bonchev–Trinajstić information content (AvgIpc) is 3.16. The highest BCUT2D eigenvalue weighted by atomic mass is 32.1. The molecule has 4 rings (SSSR count). The third kappa shape index (κ3) is 2.21. The standard InChI is InChI=1S/C15H13FN4S/c16-10-3-4-11(18-9-10)13-5-6-17-15-8-12(19-20(13)15)14-2-1-7-21-14/h1-4,7-9,13,17H,5-6H2. The van der Waals surface area contributed by atoms with Crippen molar-refractivity contribution in [1.29, 1.82) is 0 Å². The Balaban J connectivity index is 1.75. The molecule has 0 aromatic carbocycles. The predicted octanol–water partition coefficient (Wildman–Crippen LogP) is 3.55. The molecular formula is C15H13FN4S. The van der Waals surface area contributed by atoms with E-state index in [2.05, 4.69) is 22.4 Å². The van der Waals surface area contributed by atoms with E-state index >= 15 is 0 Å². The van der Waals surface area contributed by atoms with Crippen molar-refractivity contribution in [3.8, 4) is 10.6 Å². The Hall–Kier alpha value is -2.21. The number of aromatic nitrogens is 3. The predicted molar refractivity (Wildman–Crippen MR) is 81.0 cm³/mol. The lowest BCUT2D eigenvalue weighted by Gasteiger charge is -2.25. The number of fused-ring (bicyclic) bond motifs is 1. The maximum Gasteiger partial charge on any atom is 0.141 e. The maximum atomic E-state index is 13.0. The number of rotatable bonds is 2. The van der Waals surface area contributed by atoms with Gasteiger partial charge in [0.25, 0.3) is 0 Å². The fourth-order valence-corrected chi connectivity index (χ4v) is 3.31. The van der Waals surface area contributed by atoms with Crippen molar-refractivity contribution < 1.29 is 4.39 Å². The lowest BCUT2D eigenvalue weighted by molar-refractivity contribution is 0.471. The van der Waals surface area contributed by atoms with Crippen LogP contribution in [0.25, 0.3) is 10.6 Å². The number of thiophene rings is 1. The van der Waals surface area contributed by atoms with Crippen LogP contribution >= 0.6 is 11.3 Å². The van der Waals surface area contributed by atoms with Gasteiger partial charge in [0, 0.05) is 12.6 Å². The molecule has 0 radical (unpaired) electrons. The Bertz CT molecular complexity index is 749. The van der Waals surface area contributed by atoms with E-state index in [1.54, 1.807) is 17.4 Å². The van der Waals surface area contributed by atoms with Crippen molar-refractivity contribution in [1.82, 2.24) is 14.8 Å². The lowest BCUT2D eigenvalue weighted by atomic mass is 10.1. The minimum atomic E-state index is -0.312. The molecule has 3 aromatic rings. The summed E-state index contributed by atoms with van der Waals surface area (Å²) < 4.78 is 15.0. The molecule has 4 nitrogen and oxygen atoms in total. The molecule has 0 bridgehead atoms. The van der Waals surface area contributed by atoms with Crippen molar-refractivity contribution in [3.05, 3.63) is 53.4 Å². The van der Waals surface area contributed by atoms with Crippen LogP contribution < -0.4 is 5.32 Å². The second-order valence-electron chi connectivity index (χ2n) is 4.97. The molecule has 0 amide bonds. The van der Waals surface area contributed by atoms with Crippen molar-refractivity contribution in [3.63, 3.8) is 0 Å². The maximum absolute atomic E-state index is 13.0. The van der Waals surface area contributed by atoms with Crippen LogP contribution in [0, 0.1) is 5.82 Å². The first-order valence-corrected chi connectivity index (χ1v) is 7.68. The van der Waals surface area contributed by atoms with Gasteiger partial charge >= 0.3 is 0 Å². The van der Waals surface area contributed by atoms with Crippen LogP contribution in [0.15, 0.2) is 41.9 Å². The third-order valence-electron chi connectivity index (χ3n) is 3.62. The van der Waals surface area contributed by atoms with E-state index in [4.69, 9.17) is 5.10 Å². The molecule has 0 saturated carbocycles. The zero-order valence-corrected chi connectivity index (χ0v) is 12.0. The summed E-state index contributed by atoms with van der Waals surface area (Å²) in [6.45, 7) is 0.860. The number of halogens is 1. The van der Waals surface area contributed by atoms with Crippen LogP contribution in [0.5, 0.6) is 0 Å². The molecule has 3 aromatic heterocycles. The fraction of sp³-hybridized carbons (Fsp3) is 0.200. The van der Waals surface area contributed by atoms with Crippen molar-refractivity contribution in [2.24, 2.45) is 0 Å². The zero-order chi connectivity index (χ0) is 14.2. The number of nitrogens with one attached hydrogen (secondary N) is 1. The molecule has 1 aliphatic heterocycles. The normalized spacial score (nSPS) is 17.3. The first-order chi connectivity index (χ1) is 10.3. The van der Waals surface area contributed by atoms with Crippen LogP contribution in [-0.4, -0.2) is 21.3 Å². The molecule has 1 aliphatic rings. The second-order valence-corrected chi connectivity index (χ2v) is 5.92. The van der Waals surface area contributed by atoms with Gasteiger partial charge in [0.2, 0.25) is 0 Å². The molecule has 0 saturated heterocycles. The summed E-state index contributed by atoms with van der Waals surface area (Å²) in [7, 11) is 0. The van der Waals surface area contributed by atoms with E-state index in [0.29, 0.717) is 0 Å². The van der Waals surface area contributed by atoms with E-state index in [9.17, 15) is 4.39 Å². The average molecular weight is 300 g/mol. The molecule has 106 valence electrons. The van der Waals surface area contributed by atoms with E-state index in [-0.39, 0.29) is 11.9 Å². The monoisotopic (exact) mass is 300 g/mol. The van der Waals surface area contributed by atoms with Gasteiger partial charge < -0.3 is 5.32 Å². The highest BCUT2D eigenvalue weighted by Gasteiger charge is 2.24. The highest BCUT2D eigenvalue weighted by Crippen LogP contribution is 2.33. The Morgan fingerprint density at radius 3 is 3.05 bits per heavy atom. The third-order valence-corrected chi connectivity index (χ3v) is 4.51. The molecule has 1 atom stereocenters. The van der Waals surface area contributed by atoms with E-state index in [1.807, 2.05) is 16.1 Å². The van der Waals surface area contributed by atoms with Crippen molar-refractivity contribution >= 4 is 17.2 Å².